The van der Waals surface area contributed by atoms with Gasteiger partial charge in [-0.25, -0.2) is 4.98 Å². The Labute approximate surface area is 98.9 Å². The molecule has 0 atom stereocenters. The maximum Gasteiger partial charge on any atom is 0.240 e. The molecule has 3 aromatic heterocycles. The van der Waals surface area contributed by atoms with Gasteiger partial charge in [0.1, 0.15) is 11.5 Å². The van der Waals surface area contributed by atoms with Crippen molar-refractivity contribution in [2.75, 3.05) is 5.73 Å². The van der Waals surface area contributed by atoms with Crippen LogP contribution in [0, 0.1) is 0 Å². The average Bonchev–Trinajstić information content (AvgIpc) is 2.84. The molecule has 0 radical (unpaired) electrons. The zero-order valence-electron chi connectivity index (χ0n) is 8.08. The molecule has 0 amide bonds. The van der Waals surface area contributed by atoms with Crippen LogP contribution < -0.4 is 5.73 Å². The highest BCUT2D eigenvalue weighted by Gasteiger charge is 2.09. The fraction of sp³-hybridized carbons (Fsp3) is 0. The Morgan fingerprint density at radius 1 is 1.31 bits per heavy atom. The molecule has 0 aliphatic carbocycles. The number of nitrogen functional groups attached to an aromatic ring is 1. The maximum atomic E-state index is 5.54. The topological polar surface area (TPSA) is 74.0 Å². The van der Waals surface area contributed by atoms with Gasteiger partial charge in [-0.2, -0.15) is 9.67 Å². The van der Waals surface area contributed by atoms with Gasteiger partial charge in [0.2, 0.25) is 10.7 Å². The molecule has 80 valence electrons. The highest BCUT2D eigenvalue weighted by molar-refractivity contribution is 9.10. The number of halogens is 1. The Hall–Kier alpha value is -1.89. The van der Waals surface area contributed by atoms with Crippen molar-refractivity contribution in [3.05, 3.63) is 35.3 Å². The monoisotopic (exact) mass is 278 g/mol. The Morgan fingerprint density at radius 2 is 2.19 bits per heavy atom. The minimum absolute atomic E-state index is 0.226. The molecular weight excluding hydrogens is 272 g/mol. The number of nitrogens with two attached hydrogens (primary N) is 1. The van der Waals surface area contributed by atoms with Gasteiger partial charge in [0.25, 0.3) is 0 Å². The van der Waals surface area contributed by atoms with Crippen molar-refractivity contribution in [1.82, 2.24) is 24.1 Å². The third kappa shape index (κ3) is 1.28. The smallest absolute Gasteiger partial charge is 0.240 e. The number of imidazole rings is 1. The maximum absolute atomic E-state index is 5.54. The second kappa shape index (κ2) is 3.31. The van der Waals surface area contributed by atoms with Gasteiger partial charge in [0.05, 0.1) is 0 Å². The molecule has 16 heavy (non-hydrogen) atoms. The first-order valence-electron chi connectivity index (χ1n) is 4.56. The van der Waals surface area contributed by atoms with Crippen molar-refractivity contribution >= 4 is 27.5 Å². The quantitative estimate of drug-likeness (QED) is 0.727. The van der Waals surface area contributed by atoms with Crippen LogP contribution in [0.4, 0.5) is 5.95 Å². The summed E-state index contributed by atoms with van der Waals surface area (Å²) in [6, 6.07) is 5.73. The number of anilines is 1. The lowest BCUT2D eigenvalue weighted by Gasteiger charge is -2.04. The van der Waals surface area contributed by atoms with Crippen LogP contribution in [0.25, 0.3) is 11.5 Å². The predicted molar refractivity (Wildman–Crippen MR) is 62.2 cm³/mol. The van der Waals surface area contributed by atoms with Crippen LogP contribution in [-0.4, -0.2) is 24.1 Å². The molecule has 2 N–H and O–H groups in total. The molecule has 0 fully saturated rings. The molecule has 0 saturated carbocycles. The molecule has 6 nitrogen and oxygen atoms in total. The fourth-order valence-corrected chi connectivity index (χ4v) is 2.00. The molecule has 0 saturated heterocycles. The summed E-state index contributed by atoms with van der Waals surface area (Å²) in [4.78, 5) is 8.19. The first-order chi connectivity index (χ1) is 7.75. The highest BCUT2D eigenvalue weighted by atomic mass is 79.9. The van der Waals surface area contributed by atoms with Gasteiger partial charge in [0, 0.05) is 12.4 Å². The van der Waals surface area contributed by atoms with Crippen molar-refractivity contribution in [2.24, 2.45) is 0 Å². The third-order valence-electron chi connectivity index (χ3n) is 2.21. The minimum Gasteiger partial charge on any atom is -0.366 e. The molecule has 3 rings (SSSR count). The van der Waals surface area contributed by atoms with E-state index in [1.807, 2.05) is 28.8 Å². The van der Waals surface area contributed by atoms with Crippen LogP contribution in [0.5, 0.6) is 0 Å². The summed E-state index contributed by atoms with van der Waals surface area (Å²) in [6.07, 6.45) is 3.59. The van der Waals surface area contributed by atoms with Gasteiger partial charge < -0.3 is 5.73 Å². The zero-order chi connectivity index (χ0) is 11.1. The lowest BCUT2D eigenvalue weighted by Crippen LogP contribution is -2.03. The first kappa shape index (κ1) is 9.34. The van der Waals surface area contributed by atoms with Gasteiger partial charge in [-0.15, -0.1) is 5.10 Å². The SMILES string of the molecule is Nc1nc(Br)n(-c2cccc3nccn23)n1. The Kier molecular flexibility index (Phi) is 1.93. The summed E-state index contributed by atoms with van der Waals surface area (Å²) in [7, 11) is 0. The van der Waals surface area contributed by atoms with Crippen LogP contribution in [-0.2, 0) is 0 Å². The summed E-state index contributed by atoms with van der Waals surface area (Å²) in [6.45, 7) is 0. The molecule has 3 heterocycles. The van der Waals surface area contributed by atoms with Crippen molar-refractivity contribution < 1.29 is 0 Å². The van der Waals surface area contributed by atoms with E-state index in [0.717, 1.165) is 11.5 Å². The van der Waals surface area contributed by atoms with Gasteiger partial charge in [0.15, 0.2) is 0 Å². The lowest BCUT2D eigenvalue weighted by molar-refractivity contribution is 0.812. The molecule has 0 aliphatic heterocycles. The standard InChI is InChI=1S/C9H7BrN6/c10-8-13-9(11)14-16(8)7-3-1-2-6-12-4-5-15(6)7/h1-5H,(H2,11,14). The number of pyridine rings is 1. The zero-order valence-corrected chi connectivity index (χ0v) is 9.66. The van der Waals surface area contributed by atoms with Crippen LogP contribution >= 0.6 is 15.9 Å². The molecule has 0 aliphatic rings. The Bertz CT molecular complexity index is 655. The van der Waals surface area contributed by atoms with Gasteiger partial charge >= 0.3 is 0 Å². The summed E-state index contributed by atoms with van der Waals surface area (Å²) >= 11 is 3.30. The number of hydrogen-bond donors (Lipinski definition) is 1. The van der Waals surface area contributed by atoms with Crippen molar-refractivity contribution in [2.45, 2.75) is 0 Å². The normalized spacial score (nSPS) is 11.1. The van der Waals surface area contributed by atoms with Crippen molar-refractivity contribution in [3.8, 4) is 5.82 Å². The van der Waals surface area contributed by atoms with Crippen molar-refractivity contribution in [1.29, 1.82) is 0 Å². The van der Waals surface area contributed by atoms with Crippen LogP contribution in [0.15, 0.2) is 35.3 Å². The van der Waals surface area contributed by atoms with E-state index in [4.69, 9.17) is 5.73 Å². The largest absolute Gasteiger partial charge is 0.366 e. The van der Waals surface area contributed by atoms with Crippen LogP contribution in [0.2, 0.25) is 0 Å². The summed E-state index contributed by atoms with van der Waals surface area (Å²) in [5.74, 6) is 1.05. The number of nitrogens with zero attached hydrogens (tertiary/aromatic N) is 5. The van der Waals surface area contributed by atoms with E-state index in [0.29, 0.717) is 4.73 Å². The van der Waals surface area contributed by atoms with E-state index in [1.54, 1.807) is 10.9 Å². The molecular formula is C9H7BrN6. The van der Waals surface area contributed by atoms with E-state index in [1.165, 1.54) is 0 Å². The Balaban J connectivity index is 2.33. The summed E-state index contributed by atoms with van der Waals surface area (Å²) in [5.41, 5.74) is 6.38. The van der Waals surface area contributed by atoms with Crippen LogP contribution in [0.1, 0.15) is 0 Å². The summed E-state index contributed by atoms with van der Waals surface area (Å²) < 4.78 is 4.08. The second-order valence-electron chi connectivity index (χ2n) is 3.19. The van der Waals surface area contributed by atoms with E-state index in [9.17, 15) is 0 Å². The third-order valence-corrected chi connectivity index (χ3v) is 2.72. The van der Waals surface area contributed by atoms with Crippen LogP contribution in [0.3, 0.4) is 0 Å². The molecule has 0 unspecified atom stereocenters. The Morgan fingerprint density at radius 3 is 2.94 bits per heavy atom. The first-order valence-corrected chi connectivity index (χ1v) is 5.35. The number of fused-ring (bicyclic) bond motifs is 1. The number of hydrogen-bond acceptors (Lipinski definition) is 4. The van der Waals surface area contributed by atoms with E-state index < -0.39 is 0 Å². The van der Waals surface area contributed by atoms with Crippen molar-refractivity contribution in [3.63, 3.8) is 0 Å². The highest BCUT2D eigenvalue weighted by Crippen LogP contribution is 2.16. The number of aromatic nitrogens is 5. The molecule has 0 spiro atoms. The lowest BCUT2D eigenvalue weighted by atomic mass is 10.4. The van der Waals surface area contributed by atoms with Gasteiger partial charge in [-0.05, 0) is 28.1 Å². The molecule has 0 bridgehead atoms. The van der Waals surface area contributed by atoms with Gasteiger partial charge in [-0.1, -0.05) is 6.07 Å². The molecule has 3 aromatic rings. The number of rotatable bonds is 1. The van der Waals surface area contributed by atoms with Gasteiger partial charge in [-0.3, -0.25) is 4.40 Å². The summed E-state index contributed by atoms with van der Waals surface area (Å²) in [5, 5.41) is 4.10. The average molecular weight is 279 g/mol. The minimum atomic E-state index is 0.226. The second-order valence-corrected chi connectivity index (χ2v) is 3.90. The molecule has 0 aromatic carbocycles. The van der Waals surface area contributed by atoms with E-state index in [-0.39, 0.29) is 5.95 Å². The van der Waals surface area contributed by atoms with E-state index in [2.05, 4.69) is 31.0 Å². The van der Waals surface area contributed by atoms with E-state index >= 15 is 0 Å². The predicted octanol–water partition coefficient (Wildman–Crippen LogP) is 1.26. The fourth-order valence-electron chi connectivity index (χ4n) is 1.56. The molecule has 7 heteroatoms.